The van der Waals surface area contributed by atoms with Crippen LogP contribution in [0.15, 0.2) is 11.6 Å². The number of aliphatic carboxylic acids is 1. The molecule has 0 aromatic carbocycles. The van der Waals surface area contributed by atoms with Gasteiger partial charge in [-0.1, -0.05) is 40.4 Å². The second-order valence-electron chi connectivity index (χ2n) is 2.49. The van der Waals surface area contributed by atoms with Gasteiger partial charge in [0.05, 0.1) is 5.92 Å². The van der Waals surface area contributed by atoms with E-state index in [1.807, 2.05) is 0 Å². The number of alkyl halides is 3. The SMILES string of the molecule is CC(=CC(Cl)(Cl)Cl)C(C)C(=O)O. The molecule has 70 valence electrons. The molecular formula is C7H9Cl3O2. The van der Waals surface area contributed by atoms with E-state index in [2.05, 4.69) is 0 Å². The molecule has 0 saturated heterocycles. The largest absolute Gasteiger partial charge is 0.481 e. The third kappa shape index (κ3) is 4.86. The summed E-state index contributed by atoms with van der Waals surface area (Å²) in [5.74, 6) is -1.56. The van der Waals surface area contributed by atoms with Crippen LogP contribution in [0.5, 0.6) is 0 Å². The number of carboxylic acid groups (broad SMARTS) is 1. The highest BCUT2D eigenvalue weighted by molar-refractivity contribution is 6.68. The monoisotopic (exact) mass is 230 g/mol. The van der Waals surface area contributed by atoms with Crippen molar-refractivity contribution in [2.75, 3.05) is 0 Å². The zero-order chi connectivity index (χ0) is 9.94. The Morgan fingerprint density at radius 2 is 1.92 bits per heavy atom. The fourth-order valence-corrected chi connectivity index (χ4v) is 1.09. The molecule has 0 aromatic rings. The molecule has 0 fully saturated rings. The van der Waals surface area contributed by atoms with Gasteiger partial charge in [-0.3, -0.25) is 4.79 Å². The highest BCUT2D eigenvalue weighted by atomic mass is 35.6. The van der Waals surface area contributed by atoms with E-state index in [0.29, 0.717) is 5.57 Å². The minimum Gasteiger partial charge on any atom is -0.481 e. The first-order valence-electron chi connectivity index (χ1n) is 3.23. The van der Waals surface area contributed by atoms with Gasteiger partial charge < -0.3 is 5.11 Å². The summed E-state index contributed by atoms with van der Waals surface area (Å²) in [4.78, 5) is 10.5. The number of carboxylic acids is 1. The van der Waals surface area contributed by atoms with E-state index >= 15 is 0 Å². The van der Waals surface area contributed by atoms with Crippen LogP contribution in [0.4, 0.5) is 0 Å². The lowest BCUT2D eigenvalue weighted by Crippen LogP contribution is -2.12. The third-order valence-electron chi connectivity index (χ3n) is 1.44. The third-order valence-corrected chi connectivity index (χ3v) is 1.77. The van der Waals surface area contributed by atoms with Crippen molar-refractivity contribution in [1.29, 1.82) is 0 Å². The van der Waals surface area contributed by atoms with Gasteiger partial charge in [-0.15, -0.1) is 0 Å². The Morgan fingerprint density at radius 3 is 2.17 bits per heavy atom. The molecule has 0 bridgehead atoms. The van der Waals surface area contributed by atoms with Gasteiger partial charge >= 0.3 is 5.97 Å². The topological polar surface area (TPSA) is 37.3 Å². The Bertz CT molecular complexity index is 205. The molecule has 1 unspecified atom stereocenters. The normalized spacial score (nSPS) is 15.9. The molecule has 0 aromatic heterocycles. The molecule has 0 aliphatic rings. The average molecular weight is 232 g/mol. The Labute approximate surface area is 86.1 Å². The van der Waals surface area contributed by atoms with Crippen LogP contribution in [0.2, 0.25) is 0 Å². The van der Waals surface area contributed by atoms with Crippen LogP contribution in [-0.2, 0) is 4.79 Å². The predicted molar refractivity (Wildman–Crippen MR) is 50.8 cm³/mol. The van der Waals surface area contributed by atoms with Crippen molar-refractivity contribution < 1.29 is 9.90 Å². The van der Waals surface area contributed by atoms with Gasteiger partial charge in [0.25, 0.3) is 0 Å². The van der Waals surface area contributed by atoms with Crippen molar-refractivity contribution in [3.05, 3.63) is 11.6 Å². The molecule has 0 spiro atoms. The van der Waals surface area contributed by atoms with E-state index in [0.717, 1.165) is 0 Å². The molecule has 0 saturated carbocycles. The standard InChI is InChI=1S/C7H9Cl3O2/c1-4(3-7(8,9)10)5(2)6(11)12/h3,5H,1-2H3,(H,11,12). The van der Waals surface area contributed by atoms with E-state index in [1.54, 1.807) is 6.92 Å². The highest BCUT2D eigenvalue weighted by Gasteiger charge is 2.20. The molecule has 0 amide bonds. The van der Waals surface area contributed by atoms with E-state index in [-0.39, 0.29) is 0 Å². The number of carbonyl (C=O) groups is 1. The smallest absolute Gasteiger partial charge is 0.310 e. The van der Waals surface area contributed by atoms with E-state index in [1.165, 1.54) is 13.0 Å². The summed E-state index contributed by atoms with van der Waals surface area (Å²) >= 11 is 16.3. The van der Waals surface area contributed by atoms with E-state index < -0.39 is 15.7 Å². The van der Waals surface area contributed by atoms with Crippen molar-refractivity contribution in [2.45, 2.75) is 17.6 Å². The Morgan fingerprint density at radius 1 is 1.50 bits per heavy atom. The Hall–Kier alpha value is 0.0800. The lowest BCUT2D eigenvalue weighted by molar-refractivity contribution is -0.139. The summed E-state index contributed by atoms with van der Waals surface area (Å²) < 4.78 is -1.52. The number of allylic oxidation sites excluding steroid dienone is 1. The molecular weight excluding hydrogens is 222 g/mol. The molecule has 2 nitrogen and oxygen atoms in total. The maximum Gasteiger partial charge on any atom is 0.310 e. The van der Waals surface area contributed by atoms with Crippen molar-refractivity contribution in [1.82, 2.24) is 0 Å². The van der Waals surface area contributed by atoms with Crippen LogP contribution in [0.3, 0.4) is 0 Å². The fourth-order valence-electron chi connectivity index (χ4n) is 0.578. The van der Waals surface area contributed by atoms with Gasteiger partial charge in [0.1, 0.15) is 0 Å². The quantitative estimate of drug-likeness (QED) is 0.586. The second-order valence-corrected chi connectivity index (χ2v) is 4.86. The van der Waals surface area contributed by atoms with Crippen LogP contribution in [-0.4, -0.2) is 14.9 Å². The first-order valence-corrected chi connectivity index (χ1v) is 4.36. The van der Waals surface area contributed by atoms with Crippen molar-refractivity contribution in [2.24, 2.45) is 5.92 Å². The summed E-state index contributed by atoms with van der Waals surface area (Å²) in [6.07, 6.45) is 1.30. The summed E-state index contributed by atoms with van der Waals surface area (Å²) in [5, 5.41) is 8.58. The molecule has 1 atom stereocenters. The first kappa shape index (κ1) is 12.1. The lowest BCUT2D eigenvalue weighted by Gasteiger charge is -2.10. The maximum absolute atomic E-state index is 10.5. The van der Waals surface area contributed by atoms with E-state index in [9.17, 15) is 4.79 Å². The molecule has 1 N–H and O–H groups in total. The molecule has 0 aliphatic heterocycles. The van der Waals surface area contributed by atoms with Gasteiger partial charge in [0.2, 0.25) is 3.79 Å². The van der Waals surface area contributed by atoms with Gasteiger partial charge in [0.15, 0.2) is 0 Å². The maximum atomic E-state index is 10.5. The molecule has 5 heteroatoms. The fraction of sp³-hybridized carbons (Fsp3) is 0.571. The van der Waals surface area contributed by atoms with Crippen LogP contribution >= 0.6 is 34.8 Å². The zero-order valence-corrected chi connectivity index (χ0v) is 8.91. The van der Waals surface area contributed by atoms with Crippen LogP contribution in [0.1, 0.15) is 13.8 Å². The van der Waals surface area contributed by atoms with Gasteiger partial charge in [-0.25, -0.2) is 0 Å². The Balaban J connectivity index is 4.48. The predicted octanol–water partition coefficient (Wildman–Crippen LogP) is 3.02. The Kier molecular flexibility index (Phi) is 4.38. The molecule has 0 radical (unpaired) electrons. The summed E-state index contributed by atoms with van der Waals surface area (Å²) in [6, 6.07) is 0. The van der Waals surface area contributed by atoms with Crippen LogP contribution in [0, 0.1) is 5.92 Å². The summed E-state index contributed by atoms with van der Waals surface area (Å²) in [7, 11) is 0. The minimum atomic E-state index is -1.52. The van der Waals surface area contributed by atoms with Crippen molar-refractivity contribution >= 4 is 40.8 Å². The molecule has 0 aliphatic carbocycles. The summed E-state index contributed by atoms with van der Waals surface area (Å²) in [5.41, 5.74) is 0.530. The van der Waals surface area contributed by atoms with E-state index in [4.69, 9.17) is 39.9 Å². The molecule has 0 heterocycles. The van der Waals surface area contributed by atoms with Crippen LogP contribution < -0.4 is 0 Å². The molecule has 0 rings (SSSR count). The van der Waals surface area contributed by atoms with Gasteiger partial charge in [0, 0.05) is 0 Å². The minimum absolute atomic E-state index is 0.530. The number of halogens is 3. The average Bonchev–Trinajstić information content (AvgIpc) is 1.82. The van der Waals surface area contributed by atoms with Gasteiger partial charge in [-0.2, -0.15) is 0 Å². The van der Waals surface area contributed by atoms with Gasteiger partial charge in [-0.05, 0) is 19.9 Å². The number of rotatable bonds is 2. The lowest BCUT2D eigenvalue weighted by atomic mass is 10.0. The van der Waals surface area contributed by atoms with Crippen molar-refractivity contribution in [3.8, 4) is 0 Å². The first-order chi connectivity index (χ1) is 5.24. The highest BCUT2D eigenvalue weighted by Crippen LogP contribution is 2.30. The number of hydrogen-bond donors (Lipinski definition) is 1. The van der Waals surface area contributed by atoms with Crippen LogP contribution in [0.25, 0.3) is 0 Å². The van der Waals surface area contributed by atoms with Crippen molar-refractivity contribution in [3.63, 3.8) is 0 Å². The number of hydrogen-bond acceptors (Lipinski definition) is 1. The molecule has 12 heavy (non-hydrogen) atoms. The zero-order valence-electron chi connectivity index (χ0n) is 6.64. The second kappa shape index (κ2) is 4.35. The summed E-state index contributed by atoms with van der Waals surface area (Å²) in [6.45, 7) is 3.14.